The van der Waals surface area contributed by atoms with Crippen LogP contribution in [-0.2, 0) is 0 Å². The quantitative estimate of drug-likeness (QED) is 0.514. The summed E-state index contributed by atoms with van der Waals surface area (Å²) in [6.45, 7) is 4.12. The van der Waals surface area contributed by atoms with E-state index >= 15 is 0 Å². The molecule has 0 unspecified atom stereocenters. The molecule has 2 aromatic rings. The number of aryl methyl sites for hydroxylation is 1. The first kappa shape index (κ1) is 16.0. The van der Waals surface area contributed by atoms with Gasteiger partial charge in [-0.25, -0.2) is 0 Å². The van der Waals surface area contributed by atoms with Gasteiger partial charge in [0, 0.05) is 5.69 Å². The van der Waals surface area contributed by atoms with Gasteiger partial charge in [0.2, 0.25) is 0 Å². The number of hydrogen-bond donors (Lipinski definition) is 2. The van der Waals surface area contributed by atoms with E-state index in [4.69, 9.17) is 17.0 Å². The molecule has 0 aliphatic rings. The molecule has 4 nitrogen and oxygen atoms in total. The number of methoxy groups -OCH3 is 1. The van der Waals surface area contributed by atoms with Crippen molar-refractivity contribution in [1.29, 1.82) is 0 Å². The van der Waals surface area contributed by atoms with E-state index in [1.807, 2.05) is 36.4 Å². The first-order valence-corrected chi connectivity index (χ1v) is 7.31. The zero-order chi connectivity index (χ0) is 15.9. The van der Waals surface area contributed by atoms with Crippen LogP contribution in [0.4, 0.5) is 5.69 Å². The van der Waals surface area contributed by atoms with Crippen LogP contribution in [0, 0.1) is 13.8 Å². The van der Waals surface area contributed by atoms with E-state index in [0.29, 0.717) is 5.11 Å². The van der Waals surface area contributed by atoms with Crippen LogP contribution in [0.15, 0.2) is 47.6 Å². The fourth-order valence-corrected chi connectivity index (χ4v) is 2.09. The van der Waals surface area contributed by atoms with Crippen LogP contribution in [0.2, 0.25) is 0 Å². The molecule has 0 amide bonds. The molecule has 0 fully saturated rings. The van der Waals surface area contributed by atoms with E-state index in [1.165, 1.54) is 11.1 Å². The van der Waals surface area contributed by atoms with Gasteiger partial charge in [0.1, 0.15) is 5.75 Å². The van der Waals surface area contributed by atoms with Crippen LogP contribution in [0.25, 0.3) is 0 Å². The molecule has 22 heavy (non-hydrogen) atoms. The van der Waals surface area contributed by atoms with Crippen molar-refractivity contribution in [2.24, 2.45) is 5.10 Å². The second-order valence-corrected chi connectivity index (χ2v) is 5.26. The second-order valence-electron chi connectivity index (χ2n) is 4.85. The predicted molar refractivity (Wildman–Crippen MR) is 95.9 cm³/mol. The summed E-state index contributed by atoms with van der Waals surface area (Å²) in [5, 5.41) is 7.72. The molecule has 0 saturated carbocycles. The van der Waals surface area contributed by atoms with Gasteiger partial charge in [-0.05, 0) is 61.0 Å². The Morgan fingerprint density at radius 3 is 2.73 bits per heavy atom. The Morgan fingerprint density at radius 1 is 1.18 bits per heavy atom. The maximum absolute atomic E-state index is 5.24. The Bertz CT molecular complexity index is 698. The van der Waals surface area contributed by atoms with Crippen LogP contribution < -0.4 is 15.5 Å². The fraction of sp³-hybridized carbons (Fsp3) is 0.176. The van der Waals surface area contributed by atoms with Crippen LogP contribution in [0.3, 0.4) is 0 Å². The molecule has 114 valence electrons. The minimum absolute atomic E-state index is 0.452. The lowest BCUT2D eigenvalue weighted by molar-refractivity contribution is 0.415. The van der Waals surface area contributed by atoms with E-state index < -0.39 is 0 Å². The largest absolute Gasteiger partial charge is 0.497 e. The number of ether oxygens (including phenoxy) is 1. The van der Waals surface area contributed by atoms with E-state index in [1.54, 1.807) is 13.3 Å². The van der Waals surface area contributed by atoms with Gasteiger partial charge in [-0.15, -0.1) is 0 Å². The van der Waals surface area contributed by atoms with Crippen molar-refractivity contribution in [3.8, 4) is 5.75 Å². The van der Waals surface area contributed by atoms with Gasteiger partial charge in [-0.1, -0.05) is 24.3 Å². The van der Waals surface area contributed by atoms with E-state index in [9.17, 15) is 0 Å². The van der Waals surface area contributed by atoms with Gasteiger partial charge in [-0.2, -0.15) is 5.10 Å². The molecule has 0 bridgehead atoms. The number of nitrogens with one attached hydrogen (secondary N) is 2. The zero-order valence-corrected chi connectivity index (χ0v) is 13.7. The Labute approximate surface area is 136 Å². The number of rotatable bonds is 4. The van der Waals surface area contributed by atoms with Gasteiger partial charge in [0.25, 0.3) is 0 Å². The van der Waals surface area contributed by atoms with Crippen molar-refractivity contribution in [1.82, 2.24) is 5.43 Å². The summed E-state index contributed by atoms with van der Waals surface area (Å²) in [6, 6.07) is 13.7. The van der Waals surface area contributed by atoms with Crippen molar-refractivity contribution >= 4 is 29.2 Å². The lowest BCUT2D eigenvalue weighted by atomic mass is 10.1. The number of hydrazone groups is 1. The number of nitrogens with zero attached hydrogens (tertiary/aromatic N) is 1. The van der Waals surface area contributed by atoms with Gasteiger partial charge in [0.15, 0.2) is 5.11 Å². The normalized spacial score (nSPS) is 10.5. The van der Waals surface area contributed by atoms with Crippen molar-refractivity contribution in [3.05, 3.63) is 59.2 Å². The SMILES string of the molecule is COc1cccc(C=NNC(=S)Nc2cccc(C)c2C)c1. The molecule has 2 rings (SSSR count). The zero-order valence-electron chi connectivity index (χ0n) is 12.9. The molecule has 0 atom stereocenters. The molecule has 0 saturated heterocycles. The molecule has 2 aromatic carbocycles. The standard InChI is InChI=1S/C17H19N3OS/c1-12-6-4-9-16(13(12)2)19-17(22)20-18-11-14-7-5-8-15(10-14)21-3/h4-11H,1-3H3,(H2,19,20,22). The lowest BCUT2D eigenvalue weighted by Gasteiger charge is -2.11. The van der Waals surface area contributed by atoms with E-state index in [0.717, 1.165) is 17.0 Å². The van der Waals surface area contributed by atoms with Crippen LogP contribution >= 0.6 is 12.2 Å². The van der Waals surface area contributed by atoms with Gasteiger partial charge < -0.3 is 10.1 Å². The fourth-order valence-electron chi connectivity index (χ4n) is 1.92. The highest BCUT2D eigenvalue weighted by Gasteiger charge is 2.01. The summed E-state index contributed by atoms with van der Waals surface area (Å²) in [5.41, 5.74) is 7.11. The highest BCUT2D eigenvalue weighted by molar-refractivity contribution is 7.80. The minimum Gasteiger partial charge on any atom is -0.497 e. The summed E-state index contributed by atoms with van der Waals surface area (Å²) in [5.74, 6) is 0.792. The summed E-state index contributed by atoms with van der Waals surface area (Å²) >= 11 is 5.24. The number of anilines is 1. The summed E-state index contributed by atoms with van der Waals surface area (Å²) < 4.78 is 5.17. The average molecular weight is 313 g/mol. The molecule has 0 spiro atoms. The molecular weight excluding hydrogens is 294 g/mol. The molecule has 0 aliphatic heterocycles. The third-order valence-electron chi connectivity index (χ3n) is 3.33. The van der Waals surface area contributed by atoms with Crippen LogP contribution in [0.5, 0.6) is 5.75 Å². The Kier molecular flexibility index (Phi) is 5.49. The Hall–Kier alpha value is -2.40. The van der Waals surface area contributed by atoms with Crippen molar-refractivity contribution < 1.29 is 4.74 Å². The molecule has 5 heteroatoms. The van der Waals surface area contributed by atoms with Crippen molar-refractivity contribution in [2.75, 3.05) is 12.4 Å². The number of benzene rings is 2. The molecule has 0 aliphatic carbocycles. The van der Waals surface area contributed by atoms with E-state index in [-0.39, 0.29) is 0 Å². The summed E-state index contributed by atoms with van der Waals surface area (Å²) in [7, 11) is 1.64. The van der Waals surface area contributed by atoms with Crippen LogP contribution in [0.1, 0.15) is 16.7 Å². The van der Waals surface area contributed by atoms with Gasteiger partial charge in [-0.3, -0.25) is 5.43 Å². The third-order valence-corrected chi connectivity index (χ3v) is 3.52. The smallest absolute Gasteiger partial charge is 0.191 e. The minimum atomic E-state index is 0.452. The second kappa shape index (κ2) is 7.56. The monoisotopic (exact) mass is 313 g/mol. The summed E-state index contributed by atoms with van der Waals surface area (Å²) in [4.78, 5) is 0. The topological polar surface area (TPSA) is 45.6 Å². The molecule has 2 N–H and O–H groups in total. The molecule has 0 aromatic heterocycles. The van der Waals surface area contributed by atoms with Crippen LogP contribution in [-0.4, -0.2) is 18.4 Å². The van der Waals surface area contributed by atoms with E-state index in [2.05, 4.69) is 35.8 Å². The first-order valence-electron chi connectivity index (χ1n) is 6.90. The van der Waals surface area contributed by atoms with Crippen molar-refractivity contribution in [3.63, 3.8) is 0 Å². The van der Waals surface area contributed by atoms with Crippen molar-refractivity contribution in [2.45, 2.75) is 13.8 Å². The average Bonchev–Trinajstić information content (AvgIpc) is 2.52. The Balaban J connectivity index is 1.95. The van der Waals surface area contributed by atoms with Gasteiger partial charge >= 0.3 is 0 Å². The lowest BCUT2D eigenvalue weighted by Crippen LogP contribution is -2.24. The third kappa shape index (κ3) is 4.30. The number of hydrogen-bond acceptors (Lipinski definition) is 3. The van der Waals surface area contributed by atoms with Gasteiger partial charge in [0.05, 0.1) is 13.3 Å². The highest BCUT2D eigenvalue weighted by Crippen LogP contribution is 2.17. The maximum atomic E-state index is 5.24. The molecule has 0 radical (unpaired) electrons. The highest BCUT2D eigenvalue weighted by atomic mass is 32.1. The maximum Gasteiger partial charge on any atom is 0.191 e. The predicted octanol–water partition coefficient (Wildman–Crippen LogP) is 3.63. The summed E-state index contributed by atoms with van der Waals surface area (Å²) in [6.07, 6.45) is 1.69. The number of thiocarbonyl (C=S) groups is 1. The molecular formula is C17H19N3OS. The molecule has 0 heterocycles. The Morgan fingerprint density at radius 2 is 1.95 bits per heavy atom. The first-order chi connectivity index (χ1) is 10.6.